The summed E-state index contributed by atoms with van der Waals surface area (Å²) in [6.07, 6.45) is 4.44. The van der Waals surface area contributed by atoms with Gasteiger partial charge in [0.25, 0.3) is 0 Å². The molecule has 62 valence electrons. The Hall–Kier alpha value is 0.210. The van der Waals surface area contributed by atoms with Crippen molar-refractivity contribution in [3.63, 3.8) is 0 Å². The fourth-order valence-electron chi connectivity index (χ4n) is 0.709. The van der Waals surface area contributed by atoms with E-state index in [0.717, 1.165) is 10.9 Å². The van der Waals surface area contributed by atoms with Crippen molar-refractivity contribution in [1.29, 1.82) is 0 Å². The highest BCUT2D eigenvalue weighted by Crippen LogP contribution is 2.14. The lowest BCUT2D eigenvalue weighted by molar-refractivity contribution is 1.11. The van der Waals surface area contributed by atoms with Crippen molar-refractivity contribution in [2.24, 2.45) is 0 Å². The van der Waals surface area contributed by atoms with E-state index in [2.05, 4.69) is 20.9 Å². The van der Waals surface area contributed by atoms with Crippen LogP contribution in [0.25, 0.3) is 0 Å². The van der Waals surface area contributed by atoms with Crippen LogP contribution in [-0.4, -0.2) is 10.9 Å². The predicted molar refractivity (Wildman–Crippen MR) is 53.6 cm³/mol. The molecule has 0 aliphatic rings. The molecule has 11 heavy (non-hydrogen) atoms. The first kappa shape index (κ1) is 11.2. The highest BCUT2D eigenvalue weighted by Gasteiger charge is 1.95. The molecule has 0 aliphatic heterocycles. The Morgan fingerprint density at radius 3 is 2.82 bits per heavy atom. The van der Waals surface area contributed by atoms with Gasteiger partial charge in [0.1, 0.15) is 0 Å². The molecule has 1 aromatic rings. The van der Waals surface area contributed by atoms with E-state index in [-0.39, 0.29) is 12.4 Å². The molecule has 0 N–H and O–H groups in total. The zero-order chi connectivity index (χ0) is 7.40. The average molecular weight is 257 g/mol. The summed E-state index contributed by atoms with van der Waals surface area (Å²) in [6.45, 7) is 0. The molecule has 0 spiro atoms. The zero-order valence-electron chi connectivity index (χ0n) is 5.76. The van der Waals surface area contributed by atoms with E-state index < -0.39 is 0 Å². The summed E-state index contributed by atoms with van der Waals surface area (Å²) >= 11 is 8.94. The van der Waals surface area contributed by atoms with Gasteiger partial charge in [-0.15, -0.1) is 24.0 Å². The molecule has 1 heterocycles. The fourth-order valence-corrected chi connectivity index (χ4v) is 1.36. The summed E-state index contributed by atoms with van der Waals surface area (Å²) in [5, 5.41) is 0. The highest BCUT2D eigenvalue weighted by molar-refractivity contribution is 9.10. The van der Waals surface area contributed by atoms with E-state index in [1.165, 1.54) is 5.56 Å². The Labute approximate surface area is 85.7 Å². The second-order valence-corrected chi connectivity index (χ2v) is 3.14. The van der Waals surface area contributed by atoms with Gasteiger partial charge < -0.3 is 0 Å². The molecule has 4 heteroatoms. The maximum atomic E-state index is 5.57. The number of halogens is 3. The smallest absolute Gasteiger partial charge is 0.0412 e. The summed E-state index contributed by atoms with van der Waals surface area (Å²) < 4.78 is 1.04. The van der Waals surface area contributed by atoms with Crippen molar-refractivity contribution >= 4 is 39.9 Å². The van der Waals surface area contributed by atoms with Gasteiger partial charge >= 0.3 is 0 Å². The SMILES string of the molecule is Cl.ClCCc1ccncc1Br. The number of hydrogen-bond donors (Lipinski definition) is 0. The molecular weight excluding hydrogens is 249 g/mol. The third-order valence-corrected chi connectivity index (χ3v) is 2.12. The quantitative estimate of drug-likeness (QED) is 0.742. The largest absolute Gasteiger partial charge is 0.264 e. The molecule has 0 aliphatic carbocycles. The Balaban J connectivity index is 0.000001000. The van der Waals surface area contributed by atoms with Crippen LogP contribution in [0.3, 0.4) is 0 Å². The van der Waals surface area contributed by atoms with Crippen LogP contribution in [0.5, 0.6) is 0 Å². The molecule has 1 nitrogen and oxygen atoms in total. The van der Waals surface area contributed by atoms with E-state index in [1.807, 2.05) is 6.07 Å². The second kappa shape index (κ2) is 5.81. The fraction of sp³-hybridized carbons (Fsp3) is 0.286. The number of pyridine rings is 1. The molecule has 0 aromatic carbocycles. The normalized spacial score (nSPS) is 8.91. The van der Waals surface area contributed by atoms with Crippen LogP contribution in [0.1, 0.15) is 5.56 Å². The number of rotatable bonds is 2. The molecule has 1 rings (SSSR count). The Morgan fingerprint density at radius 1 is 1.55 bits per heavy atom. The standard InChI is InChI=1S/C7H7BrClN.ClH/c8-7-5-10-4-2-6(7)1-3-9;/h2,4-5H,1,3H2;1H. The van der Waals surface area contributed by atoms with Gasteiger partial charge in [-0.2, -0.15) is 0 Å². The van der Waals surface area contributed by atoms with E-state index in [1.54, 1.807) is 12.4 Å². The van der Waals surface area contributed by atoms with Gasteiger partial charge in [0, 0.05) is 22.7 Å². The van der Waals surface area contributed by atoms with Crippen molar-refractivity contribution in [2.45, 2.75) is 6.42 Å². The first-order chi connectivity index (χ1) is 4.84. The Bertz CT molecular complexity index is 217. The van der Waals surface area contributed by atoms with E-state index in [0.29, 0.717) is 5.88 Å². The number of aryl methyl sites for hydroxylation is 1. The Kier molecular flexibility index (Phi) is 5.92. The summed E-state index contributed by atoms with van der Waals surface area (Å²) in [7, 11) is 0. The van der Waals surface area contributed by atoms with Crippen molar-refractivity contribution < 1.29 is 0 Å². The lowest BCUT2D eigenvalue weighted by Crippen LogP contribution is -1.87. The van der Waals surface area contributed by atoms with Crippen molar-refractivity contribution in [3.8, 4) is 0 Å². The van der Waals surface area contributed by atoms with E-state index in [4.69, 9.17) is 11.6 Å². The minimum absolute atomic E-state index is 0. The van der Waals surface area contributed by atoms with Gasteiger partial charge in [-0.1, -0.05) is 0 Å². The lowest BCUT2D eigenvalue weighted by atomic mass is 10.2. The highest BCUT2D eigenvalue weighted by atomic mass is 79.9. The number of aromatic nitrogens is 1. The maximum Gasteiger partial charge on any atom is 0.0412 e. The van der Waals surface area contributed by atoms with Gasteiger partial charge in [-0.3, -0.25) is 4.98 Å². The summed E-state index contributed by atoms with van der Waals surface area (Å²) in [6, 6.07) is 1.96. The molecule has 1 aromatic heterocycles. The maximum absolute atomic E-state index is 5.57. The molecule has 0 amide bonds. The van der Waals surface area contributed by atoms with E-state index in [9.17, 15) is 0 Å². The molecule has 0 fully saturated rings. The predicted octanol–water partition coefficient (Wildman–Crippen LogP) is 3.05. The van der Waals surface area contributed by atoms with E-state index >= 15 is 0 Å². The van der Waals surface area contributed by atoms with Gasteiger partial charge in [0.2, 0.25) is 0 Å². The summed E-state index contributed by atoms with van der Waals surface area (Å²) in [5.74, 6) is 0.655. The molecule has 0 bridgehead atoms. The minimum atomic E-state index is 0. The molecule has 0 radical (unpaired) electrons. The van der Waals surface area contributed by atoms with Crippen molar-refractivity contribution in [2.75, 3.05) is 5.88 Å². The lowest BCUT2D eigenvalue weighted by Gasteiger charge is -1.98. The van der Waals surface area contributed by atoms with Crippen LogP contribution in [0.4, 0.5) is 0 Å². The monoisotopic (exact) mass is 255 g/mol. The second-order valence-electron chi connectivity index (χ2n) is 1.91. The van der Waals surface area contributed by atoms with Crippen LogP contribution >= 0.6 is 39.9 Å². The van der Waals surface area contributed by atoms with Gasteiger partial charge in [0.15, 0.2) is 0 Å². The third kappa shape index (κ3) is 3.41. The zero-order valence-corrected chi connectivity index (χ0v) is 8.92. The molecule has 0 atom stereocenters. The minimum Gasteiger partial charge on any atom is -0.264 e. The van der Waals surface area contributed by atoms with Crippen molar-refractivity contribution in [3.05, 3.63) is 28.5 Å². The molecule has 0 saturated heterocycles. The number of hydrogen-bond acceptors (Lipinski definition) is 1. The van der Waals surface area contributed by atoms with Crippen molar-refractivity contribution in [1.82, 2.24) is 4.98 Å². The molecule has 0 saturated carbocycles. The van der Waals surface area contributed by atoms with Gasteiger partial charge in [-0.25, -0.2) is 0 Å². The van der Waals surface area contributed by atoms with Crippen LogP contribution in [0, 0.1) is 0 Å². The first-order valence-corrected chi connectivity index (χ1v) is 4.31. The Morgan fingerprint density at radius 2 is 2.27 bits per heavy atom. The summed E-state index contributed by atoms with van der Waals surface area (Å²) in [5.41, 5.74) is 1.21. The van der Waals surface area contributed by atoms with Crippen LogP contribution < -0.4 is 0 Å². The summed E-state index contributed by atoms with van der Waals surface area (Å²) in [4.78, 5) is 3.94. The van der Waals surface area contributed by atoms with Crippen LogP contribution in [0.2, 0.25) is 0 Å². The van der Waals surface area contributed by atoms with Gasteiger partial charge in [-0.05, 0) is 34.0 Å². The van der Waals surface area contributed by atoms with Crippen LogP contribution in [0.15, 0.2) is 22.9 Å². The first-order valence-electron chi connectivity index (χ1n) is 2.99. The topological polar surface area (TPSA) is 12.9 Å². The van der Waals surface area contributed by atoms with Crippen LogP contribution in [-0.2, 0) is 6.42 Å². The van der Waals surface area contributed by atoms with Gasteiger partial charge in [0.05, 0.1) is 0 Å². The molecular formula is C7H8BrCl2N. The third-order valence-electron chi connectivity index (χ3n) is 1.22. The molecule has 0 unspecified atom stereocenters. The number of alkyl halides is 1. The average Bonchev–Trinajstić information content (AvgIpc) is 1.94. The number of nitrogens with zero attached hydrogens (tertiary/aromatic N) is 1.